The standard InChI is InChI=1S/C17H11N3O/c18-7-10-1-3-16-12(5-10)14(8-19-16)15-9-20-17-4-2-11(21)6-13(15)17/h1-6,8-9,19-21H. The molecule has 0 spiro atoms. The first-order valence-electron chi connectivity index (χ1n) is 6.58. The molecule has 0 fully saturated rings. The molecule has 4 nitrogen and oxygen atoms in total. The SMILES string of the molecule is N#Cc1ccc2[nH]cc(-c3c[nH]c4ccc(O)cc34)c2c1. The summed E-state index contributed by atoms with van der Waals surface area (Å²) in [5, 5.41) is 20.7. The molecule has 0 radical (unpaired) electrons. The number of aromatic hydroxyl groups is 1. The summed E-state index contributed by atoms with van der Waals surface area (Å²) in [4.78, 5) is 6.43. The zero-order chi connectivity index (χ0) is 14.4. The molecule has 4 heteroatoms. The summed E-state index contributed by atoms with van der Waals surface area (Å²) < 4.78 is 0. The van der Waals surface area contributed by atoms with Crippen LogP contribution in [0.2, 0.25) is 0 Å². The molecule has 4 aromatic rings. The first-order valence-corrected chi connectivity index (χ1v) is 6.58. The van der Waals surface area contributed by atoms with Gasteiger partial charge in [0.05, 0.1) is 11.6 Å². The summed E-state index contributed by atoms with van der Waals surface area (Å²) >= 11 is 0. The fourth-order valence-corrected chi connectivity index (χ4v) is 2.74. The van der Waals surface area contributed by atoms with Crippen LogP contribution in [0.25, 0.3) is 32.9 Å². The second-order valence-electron chi connectivity index (χ2n) is 5.01. The Balaban J connectivity index is 2.04. The van der Waals surface area contributed by atoms with Crippen LogP contribution in [0.15, 0.2) is 48.8 Å². The van der Waals surface area contributed by atoms with Crippen LogP contribution in [0.3, 0.4) is 0 Å². The Morgan fingerprint density at radius 1 is 0.857 bits per heavy atom. The van der Waals surface area contributed by atoms with Crippen molar-refractivity contribution in [2.45, 2.75) is 0 Å². The largest absolute Gasteiger partial charge is 0.508 e. The molecule has 0 bridgehead atoms. The van der Waals surface area contributed by atoms with Crippen LogP contribution in [-0.4, -0.2) is 15.1 Å². The summed E-state index contributed by atoms with van der Waals surface area (Å²) in [6, 6.07) is 13.0. The van der Waals surface area contributed by atoms with E-state index < -0.39 is 0 Å². The van der Waals surface area contributed by atoms with Crippen LogP contribution in [0, 0.1) is 11.3 Å². The van der Waals surface area contributed by atoms with Crippen molar-refractivity contribution in [1.29, 1.82) is 5.26 Å². The Bertz CT molecular complexity index is 1020. The Labute approximate surface area is 120 Å². The number of aromatic nitrogens is 2. The van der Waals surface area contributed by atoms with Gasteiger partial charge in [-0.15, -0.1) is 0 Å². The number of aromatic amines is 2. The van der Waals surface area contributed by atoms with E-state index in [9.17, 15) is 5.11 Å². The molecule has 100 valence electrons. The van der Waals surface area contributed by atoms with Crippen LogP contribution in [0.5, 0.6) is 5.75 Å². The van der Waals surface area contributed by atoms with Gasteiger partial charge in [0, 0.05) is 45.3 Å². The fraction of sp³-hybridized carbons (Fsp3) is 0. The van der Waals surface area contributed by atoms with E-state index >= 15 is 0 Å². The van der Waals surface area contributed by atoms with Crippen LogP contribution in [-0.2, 0) is 0 Å². The van der Waals surface area contributed by atoms with E-state index in [1.54, 1.807) is 18.2 Å². The van der Waals surface area contributed by atoms with E-state index in [-0.39, 0.29) is 5.75 Å². The molecular weight excluding hydrogens is 262 g/mol. The van der Waals surface area contributed by atoms with Crippen molar-refractivity contribution in [2.24, 2.45) is 0 Å². The van der Waals surface area contributed by atoms with Gasteiger partial charge < -0.3 is 15.1 Å². The molecule has 2 aromatic heterocycles. The average Bonchev–Trinajstić information content (AvgIpc) is 3.09. The number of fused-ring (bicyclic) bond motifs is 2. The van der Waals surface area contributed by atoms with Gasteiger partial charge in [-0.25, -0.2) is 0 Å². The Morgan fingerprint density at radius 2 is 1.48 bits per heavy atom. The van der Waals surface area contributed by atoms with Crippen molar-refractivity contribution < 1.29 is 5.11 Å². The summed E-state index contributed by atoms with van der Waals surface area (Å²) in [5.41, 5.74) is 4.60. The van der Waals surface area contributed by atoms with Gasteiger partial charge in [-0.3, -0.25) is 0 Å². The van der Waals surface area contributed by atoms with E-state index in [0.29, 0.717) is 5.56 Å². The minimum Gasteiger partial charge on any atom is -0.508 e. The number of hydrogen-bond donors (Lipinski definition) is 3. The molecule has 0 saturated heterocycles. The highest BCUT2D eigenvalue weighted by atomic mass is 16.3. The lowest BCUT2D eigenvalue weighted by Gasteiger charge is -1.99. The number of rotatable bonds is 1. The molecule has 0 aliphatic rings. The molecule has 0 aliphatic carbocycles. The van der Waals surface area contributed by atoms with Gasteiger partial charge in [0.15, 0.2) is 0 Å². The van der Waals surface area contributed by atoms with Gasteiger partial charge in [-0.05, 0) is 36.4 Å². The lowest BCUT2D eigenvalue weighted by molar-refractivity contribution is 0.476. The highest BCUT2D eigenvalue weighted by Gasteiger charge is 2.12. The third-order valence-corrected chi connectivity index (χ3v) is 3.77. The lowest BCUT2D eigenvalue weighted by atomic mass is 10.0. The molecule has 4 rings (SSSR count). The number of hydrogen-bond acceptors (Lipinski definition) is 2. The zero-order valence-corrected chi connectivity index (χ0v) is 11.0. The van der Waals surface area contributed by atoms with Crippen molar-refractivity contribution in [1.82, 2.24) is 9.97 Å². The van der Waals surface area contributed by atoms with E-state index in [1.165, 1.54) is 0 Å². The number of phenols is 1. The van der Waals surface area contributed by atoms with Crippen LogP contribution in [0.1, 0.15) is 5.56 Å². The molecule has 2 aromatic carbocycles. The van der Waals surface area contributed by atoms with E-state index in [2.05, 4.69) is 16.0 Å². The maximum Gasteiger partial charge on any atom is 0.116 e. The number of nitriles is 1. The Hall–Kier alpha value is -3.19. The third kappa shape index (κ3) is 1.68. The predicted molar refractivity (Wildman–Crippen MR) is 82.0 cm³/mol. The molecule has 2 heterocycles. The maximum absolute atomic E-state index is 9.70. The zero-order valence-electron chi connectivity index (χ0n) is 11.0. The second-order valence-corrected chi connectivity index (χ2v) is 5.01. The molecule has 0 atom stereocenters. The summed E-state index contributed by atoms with van der Waals surface area (Å²) in [6.45, 7) is 0. The van der Waals surface area contributed by atoms with Crippen LogP contribution < -0.4 is 0 Å². The normalized spacial score (nSPS) is 11.0. The average molecular weight is 273 g/mol. The molecule has 0 saturated carbocycles. The van der Waals surface area contributed by atoms with Gasteiger partial charge in [0.25, 0.3) is 0 Å². The van der Waals surface area contributed by atoms with Crippen molar-refractivity contribution >= 4 is 21.8 Å². The van der Waals surface area contributed by atoms with E-state index in [4.69, 9.17) is 5.26 Å². The topological polar surface area (TPSA) is 75.6 Å². The van der Waals surface area contributed by atoms with Crippen molar-refractivity contribution in [3.63, 3.8) is 0 Å². The maximum atomic E-state index is 9.70. The van der Waals surface area contributed by atoms with Gasteiger partial charge in [-0.2, -0.15) is 5.26 Å². The summed E-state index contributed by atoms with van der Waals surface area (Å²) in [6.07, 6.45) is 3.85. The number of nitrogens with zero attached hydrogens (tertiary/aromatic N) is 1. The van der Waals surface area contributed by atoms with Crippen molar-refractivity contribution in [3.05, 3.63) is 54.4 Å². The summed E-state index contributed by atoms with van der Waals surface area (Å²) in [5.74, 6) is 0.237. The Kier molecular flexibility index (Phi) is 2.30. The molecule has 21 heavy (non-hydrogen) atoms. The van der Waals surface area contributed by atoms with Crippen molar-refractivity contribution in [3.8, 4) is 22.9 Å². The van der Waals surface area contributed by atoms with E-state index in [1.807, 2.05) is 30.6 Å². The van der Waals surface area contributed by atoms with E-state index in [0.717, 1.165) is 32.9 Å². The fourth-order valence-electron chi connectivity index (χ4n) is 2.74. The predicted octanol–water partition coefficient (Wildman–Crippen LogP) is 3.89. The lowest BCUT2D eigenvalue weighted by Crippen LogP contribution is -1.76. The molecule has 0 aliphatic heterocycles. The highest BCUT2D eigenvalue weighted by molar-refractivity contribution is 6.05. The quantitative estimate of drug-likeness (QED) is 0.492. The molecule has 0 amide bonds. The van der Waals surface area contributed by atoms with Gasteiger partial charge >= 0.3 is 0 Å². The third-order valence-electron chi connectivity index (χ3n) is 3.77. The minimum absolute atomic E-state index is 0.237. The number of benzene rings is 2. The minimum atomic E-state index is 0.237. The first kappa shape index (κ1) is 11.6. The van der Waals surface area contributed by atoms with Crippen molar-refractivity contribution in [2.75, 3.05) is 0 Å². The molecule has 0 unspecified atom stereocenters. The van der Waals surface area contributed by atoms with Gasteiger partial charge in [0.1, 0.15) is 5.75 Å². The monoisotopic (exact) mass is 273 g/mol. The summed E-state index contributed by atoms with van der Waals surface area (Å²) in [7, 11) is 0. The number of nitrogens with one attached hydrogen (secondary N) is 2. The Morgan fingerprint density at radius 3 is 2.14 bits per heavy atom. The van der Waals surface area contributed by atoms with Gasteiger partial charge in [0.2, 0.25) is 0 Å². The second kappa shape index (κ2) is 4.15. The molecule has 3 N–H and O–H groups in total. The smallest absolute Gasteiger partial charge is 0.116 e. The number of H-pyrrole nitrogens is 2. The van der Waals surface area contributed by atoms with Gasteiger partial charge in [-0.1, -0.05) is 0 Å². The van der Waals surface area contributed by atoms with Crippen LogP contribution >= 0.6 is 0 Å². The highest BCUT2D eigenvalue weighted by Crippen LogP contribution is 2.35. The number of phenolic OH excluding ortho intramolecular Hbond substituents is 1. The van der Waals surface area contributed by atoms with Crippen LogP contribution in [0.4, 0.5) is 0 Å². The molecular formula is C17H11N3O. The first-order chi connectivity index (χ1) is 10.3.